The molecule has 1 N–H and O–H groups in total. The Kier molecular flexibility index (Phi) is 1.31. The van der Waals surface area contributed by atoms with Crippen LogP contribution in [0.5, 0.6) is 0 Å². The molecule has 0 amide bonds. The Morgan fingerprint density at radius 2 is 2.30 bits per heavy atom. The van der Waals surface area contributed by atoms with Crippen molar-refractivity contribution in [3.8, 4) is 0 Å². The number of nitrogens with one attached hydrogen (secondary N) is 1. The standard InChI is InChI=1S/C8H13NO/c1-5(10)8-6-2-3-7(4-6)9-8/h6-9H,2-4H2,1H3. The molecule has 2 fully saturated rings. The topological polar surface area (TPSA) is 29.1 Å². The Labute approximate surface area is 61.0 Å². The molecule has 3 atom stereocenters. The molecule has 2 bridgehead atoms. The lowest BCUT2D eigenvalue weighted by Crippen LogP contribution is -2.40. The van der Waals surface area contributed by atoms with Gasteiger partial charge in [-0.2, -0.15) is 0 Å². The fraction of sp³-hybridized carbons (Fsp3) is 0.875. The Bertz CT molecular complexity index is 167. The lowest BCUT2D eigenvalue weighted by molar-refractivity contribution is -0.119. The quantitative estimate of drug-likeness (QED) is 0.580. The maximum absolute atomic E-state index is 11.0. The van der Waals surface area contributed by atoms with Gasteiger partial charge in [0.1, 0.15) is 5.78 Å². The molecule has 1 saturated carbocycles. The Morgan fingerprint density at radius 3 is 2.60 bits per heavy atom. The molecular weight excluding hydrogens is 126 g/mol. The average molecular weight is 139 g/mol. The van der Waals surface area contributed by atoms with Gasteiger partial charge in [-0.3, -0.25) is 4.79 Å². The van der Waals surface area contributed by atoms with Crippen LogP contribution in [0.1, 0.15) is 26.2 Å². The van der Waals surface area contributed by atoms with E-state index in [-0.39, 0.29) is 6.04 Å². The summed E-state index contributed by atoms with van der Waals surface area (Å²) in [6.45, 7) is 1.69. The van der Waals surface area contributed by atoms with Crippen LogP contribution in [0.2, 0.25) is 0 Å². The fourth-order valence-corrected chi connectivity index (χ4v) is 2.31. The van der Waals surface area contributed by atoms with Gasteiger partial charge < -0.3 is 5.32 Å². The summed E-state index contributed by atoms with van der Waals surface area (Å²) in [7, 11) is 0. The van der Waals surface area contributed by atoms with E-state index in [2.05, 4.69) is 5.32 Å². The van der Waals surface area contributed by atoms with E-state index in [0.29, 0.717) is 17.7 Å². The van der Waals surface area contributed by atoms with Gasteiger partial charge in [0.05, 0.1) is 6.04 Å². The molecule has 0 spiro atoms. The number of hydrogen-bond acceptors (Lipinski definition) is 2. The van der Waals surface area contributed by atoms with Crippen molar-refractivity contribution in [2.24, 2.45) is 5.92 Å². The van der Waals surface area contributed by atoms with Gasteiger partial charge in [-0.05, 0) is 32.1 Å². The van der Waals surface area contributed by atoms with Crippen molar-refractivity contribution in [3.63, 3.8) is 0 Å². The van der Waals surface area contributed by atoms with Crippen LogP contribution in [0.25, 0.3) is 0 Å². The van der Waals surface area contributed by atoms with Gasteiger partial charge in [0, 0.05) is 6.04 Å². The van der Waals surface area contributed by atoms with E-state index in [1.54, 1.807) is 6.92 Å². The SMILES string of the molecule is CC(=O)C1NC2CCC1C2. The van der Waals surface area contributed by atoms with Crippen molar-refractivity contribution >= 4 is 5.78 Å². The van der Waals surface area contributed by atoms with E-state index in [1.807, 2.05) is 0 Å². The second-order valence-corrected chi connectivity index (χ2v) is 3.53. The molecule has 3 unspecified atom stereocenters. The molecule has 1 heterocycles. The number of carbonyl (C=O) groups is 1. The smallest absolute Gasteiger partial charge is 0.146 e. The van der Waals surface area contributed by atoms with Gasteiger partial charge in [0.2, 0.25) is 0 Å². The maximum Gasteiger partial charge on any atom is 0.146 e. The Morgan fingerprint density at radius 1 is 1.50 bits per heavy atom. The summed E-state index contributed by atoms with van der Waals surface area (Å²) in [5, 5.41) is 3.34. The van der Waals surface area contributed by atoms with Crippen LogP contribution >= 0.6 is 0 Å². The minimum absolute atomic E-state index is 0.207. The Balaban J connectivity index is 2.08. The summed E-state index contributed by atoms with van der Waals surface area (Å²) in [5.74, 6) is 0.995. The van der Waals surface area contributed by atoms with Crippen molar-refractivity contribution in [1.29, 1.82) is 0 Å². The van der Waals surface area contributed by atoms with Crippen molar-refractivity contribution < 1.29 is 4.79 Å². The van der Waals surface area contributed by atoms with Gasteiger partial charge in [-0.25, -0.2) is 0 Å². The first kappa shape index (κ1) is 6.35. The van der Waals surface area contributed by atoms with Crippen LogP contribution in [0.3, 0.4) is 0 Å². The van der Waals surface area contributed by atoms with Gasteiger partial charge in [-0.15, -0.1) is 0 Å². The molecule has 2 rings (SSSR count). The molecule has 0 aromatic heterocycles. The Hall–Kier alpha value is -0.370. The summed E-state index contributed by atoms with van der Waals surface area (Å²) in [5.41, 5.74) is 0. The van der Waals surface area contributed by atoms with Gasteiger partial charge in [0.15, 0.2) is 0 Å². The van der Waals surface area contributed by atoms with Crippen LogP contribution in [0.4, 0.5) is 0 Å². The zero-order chi connectivity index (χ0) is 7.14. The predicted octanol–water partition coefficient (Wildman–Crippen LogP) is 0.716. The van der Waals surface area contributed by atoms with Crippen molar-refractivity contribution in [2.75, 3.05) is 0 Å². The monoisotopic (exact) mass is 139 g/mol. The van der Waals surface area contributed by atoms with Crippen molar-refractivity contribution in [2.45, 2.75) is 38.3 Å². The highest BCUT2D eigenvalue weighted by Gasteiger charge is 2.40. The predicted molar refractivity (Wildman–Crippen MR) is 38.7 cm³/mol. The van der Waals surface area contributed by atoms with E-state index in [0.717, 1.165) is 0 Å². The van der Waals surface area contributed by atoms with Gasteiger partial charge >= 0.3 is 0 Å². The first-order valence-corrected chi connectivity index (χ1v) is 4.04. The molecule has 56 valence electrons. The van der Waals surface area contributed by atoms with E-state index in [9.17, 15) is 4.79 Å². The van der Waals surface area contributed by atoms with Crippen molar-refractivity contribution in [3.05, 3.63) is 0 Å². The minimum atomic E-state index is 0.207. The highest BCUT2D eigenvalue weighted by atomic mass is 16.1. The maximum atomic E-state index is 11.0. The van der Waals surface area contributed by atoms with Crippen LogP contribution in [-0.2, 0) is 4.79 Å². The normalized spacial score (nSPS) is 44.3. The first-order valence-electron chi connectivity index (χ1n) is 4.04. The molecule has 10 heavy (non-hydrogen) atoms. The first-order chi connectivity index (χ1) is 4.77. The van der Waals surface area contributed by atoms with Crippen LogP contribution in [0, 0.1) is 5.92 Å². The van der Waals surface area contributed by atoms with E-state index in [4.69, 9.17) is 0 Å². The second kappa shape index (κ2) is 2.06. The third-order valence-electron chi connectivity index (χ3n) is 2.80. The number of Topliss-reactive ketones (excluding diaryl/α,β-unsaturated/α-hetero) is 1. The molecule has 2 aliphatic rings. The fourth-order valence-electron chi connectivity index (χ4n) is 2.31. The molecule has 0 radical (unpaired) electrons. The molecule has 1 saturated heterocycles. The highest BCUT2D eigenvalue weighted by molar-refractivity contribution is 5.82. The summed E-state index contributed by atoms with van der Waals surface area (Å²) in [6, 6.07) is 0.873. The molecule has 2 heteroatoms. The molecule has 2 nitrogen and oxygen atoms in total. The third-order valence-corrected chi connectivity index (χ3v) is 2.80. The molecular formula is C8H13NO. The number of carbonyl (C=O) groups excluding carboxylic acids is 1. The van der Waals surface area contributed by atoms with Crippen LogP contribution in [0.15, 0.2) is 0 Å². The average Bonchev–Trinajstić information content (AvgIpc) is 2.44. The zero-order valence-electron chi connectivity index (χ0n) is 6.26. The van der Waals surface area contributed by atoms with Crippen LogP contribution in [-0.4, -0.2) is 17.9 Å². The minimum Gasteiger partial charge on any atom is -0.304 e. The number of rotatable bonds is 1. The highest BCUT2D eigenvalue weighted by Crippen LogP contribution is 2.35. The summed E-state index contributed by atoms with van der Waals surface area (Å²) >= 11 is 0. The summed E-state index contributed by atoms with van der Waals surface area (Å²) in [6.07, 6.45) is 3.79. The second-order valence-electron chi connectivity index (χ2n) is 3.53. The number of piperidine rings is 1. The largest absolute Gasteiger partial charge is 0.304 e. The van der Waals surface area contributed by atoms with E-state index < -0.39 is 0 Å². The third kappa shape index (κ3) is 0.788. The van der Waals surface area contributed by atoms with Crippen LogP contribution < -0.4 is 5.32 Å². The number of fused-ring (bicyclic) bond motifs is 2. The lowest BCUT2D eigenvalue weighted by Gasteiger charge is -2.19. The van der Waals surface area contributed by atoms with Crippen molar-refractivity contribution in [1.82, 2.24) is 5.32 Å². The summed E-state index contributed by atoms with van der Waals surface area (Å²) in [4.78, 5) is 11.0. The molecule has 1 aliphatic carbocycles. The van der Waals surface area contributed by atoms with Gasteiger partial charge in [-0.1, -0.05) is 0 Å². The molecule has 0 aromatic carbocycles. The summed E-state index contributed by atoms with van der Waals surface area (Å²) < 4.78 is 0. The number of hydrogen-bond donors (Lipinski definition) is 1. The zero-order valence-corrected chi connectivity index (χ0v) is 6.26. The number of ketones is 1. The van der Waals surface area contributed by atoms with Gasteiger partial charge in [0.25, 0.3) is 0 Å². The molecule has 0 aromatic rings. The lowest BCUT2D eigenvalue weighted by atomic mass is 9.97. The van der Waals surface area contributed by atoms with E-state index >= 15 is 0 Å². The molecule has 1 aliphatic heterocycles. The van der Waals surface area contributed by atoms with E-state index in [1.165, 1.54) is 19.3 Å².